The first kappa shape index (κ1) is 15.2. The summed E-state index contributed by atoms with van der Waals surface area (Å²) in [4.78, 5) is 11.4. The Hall–Kier alpha value is -1.72. The number of aromatic nitrogens is 2. The Morgan fingerprint density at radius 3 is 2.73 bits per heavy atom. The monoisotopic (exact) mass is 300 g/mol. The zero-order chi connectivity index (χ0) is 15.4. The van der Waals surface area contributed by atoms with Crippen LogP contribution in [0.2, 0.25) is 0 Å². The summed E-state index contributed by atoms with van der Waals surface area (Å²) in [7, 11) is 0. The van der Waals surface area contributed by atoms with Gasteiger partial charge in [-0.2, -0.15) is 0 Å². The SMILES string of the molecule is CC(O)CN1CCC(CNc2cnc3ccccc3n2)CC1. The third-order valence-corrected chi connectivity index (χ3v) is 4.25. The zero-order valence-corrected chi connectivity index (χ0v) is 13.1. The van der Waals surface area contributed by atoms with Crippen LogP contribution in [0.5, 0.6) is 0 Å². The molecule has 3 rings (SSSR count). The molecule has 1 aliphatic heterocycles. The third kappa shape index (κ3) is 3.93. The van der Waals surface area contributed by atoms with Crippen LogP contribution in [-0.2, 0) is 0 Å². The quantitative estimate of drug-likeness (QED) is 0.886. The Morgan fingerprint density at radius 2 is 2.00 bits per heavy atom. The van der Waals surface area contributed by atoms with Crippen LogP contribution in [0.1, 0.15) is 19.8 Å². The summed E-state index contributed by atoms with van der Waals surface area (Å²) >= 11 is 0. The van der Waals surface area contributed by atoms with Gasteiger partial charge in [0.1, 0.15) is 5.82 Å². The number of nitrogens with zero attached hydrogens (tertiary/aromatic N) is 3. The Bertz CT molecular complexity index is 608. The van der Waals surface area contributed by atoms with E-state index in [9.17, 15) is 5.11 Å². The smallest absolute Gasteiger partial charge is 0.145 e. The molecule has 0 radical (unpaired) electrons. The summed E-state index contributed by atoms with van der Waals surface area (Å²) in [6.07, 6.45) is 3.91. The first-order chi connectivity index (χ1) is 10.7. The molecule has 2 heterocycles. The van der Waals surface area contributed by atoms with Crippen molar-refractivity contribution >= 4 is 16.9 Å². The summed E-state index contributed by atoms with van der Waals surface area (Å²) in [6.45, 7) is 5.72. The summed E-state index contributed by atoms with van der Waals surface area (Å²) in [6, 6.07) is 7.93. The van der Waals surface area contributed by atoms with Gasteiger partial charge < -0.3 is 15.3 Å². The van der Waals surface area contributed by atoms with Crippen LogP contribution in [0.15, 0.2) is 30.5 Å². The van der Waals surface area contributed by atoms with Crippen molar-refractivity contribution in [3.05, 3.63) is 30.5 Å². The van der Waals surface area contributed by atoms with E-state index in [1.165, 1.54) is 12.8 Å². The number of fused-ring (bicyclic) bond motifs is 1. The molecule has 5 nitrogen and oxygen atoms in total. The van der Waals surface area contributed by atoms with Gasteiger partial charge in [0.15, 0.2) is 0 Å². The lowest BCUT2D eigenvalue weighted by atomic mass is 9.96. The molecule has 1 aliphatic rings. The van der Waals surface area contributed by atoms with Crippen molar-refractivity contribution < 1.29 is 5.11 Å². The minimum absolute atomic E-state index is 0.234. The summed E-state index contributed by atoms with van der Waals surface area (Å²) < 4.78 is 0. The Morgan fingerprint density at radius 1 is 1.27 bits per heavy atom. The molecule has 1 fully saturated rings. The van der Waals surface area contributed by atoms with Crippen LogP contribution in [0, 0.1) is 5.92 Å². The van der Waals surface area contributed by atoms with Crippen LogP contribution >= 0.6 is 0 Å². The van der Waals surface area contributed by atoms with E-state index in [1.807, 2.05) is 37.4 Å². The van der Waals surface area contributed by atoms with Gasteiger partial charge in [0.05, 0.1) is 23.3 Å². The number of benzene rings is 1. The first-order valence-electron chi connectivity index (χ1n) is 8.07. The number of aliphatic hydroxyl groups excluding tert-OH is 1. The van der Waals surface area contributed by atoms with Crippen LogP contribution in [0.25, 0.3) is 11.0 Å². The molecule has 1 unspecified atom stereocenters. The van der Waals surface area contributed by atoms with E-state index in [-0.39, 0.29) is 6.10 Å². The molecule has 5 heteroatoms. The minimum Gasteiger partial charge on any atom is -0.392 e. The topological polar surface area (TPSA) is 61.3 Å². The average molecular weight is 300 g/mol. The normalized spacial score (nSPS) is 18.5. The van der Waals surface area contributed by atoms with Crippen molar-refractivity contribution in [3.63, 3.8) is 0 Å². The second-order valence-corrected chi connectivity index (χ2v) is 6.22. The van der Waals surface area contributed by atoms with Gasteiger partial charge in [-0.1, -0.05) is 12.1 Å². The maximum absolute atomic E-state index is 9.44. The van der Waals surface area contributed by atoms with Gasteiger partial charge in [0.25, 0.3) is 0 Å². The highest BCUT2D eigenvalue weighted by atomic mass is 16.3. The number of piperidine rings is 1. The van der Waals surface area contributed by atoms with Gasteiger partial charge in [-0.3, -0.25) is 4.98 Å². The molecule has 1 saturated heterocycles. The largest absolute Gasteiger partial charge is 0.392 e. The van der Waals surface area contributed by atoms with Gasteiger partial charge in [-0.05, 0) is 50.9 Å². The van der Waals surface area contributed by atoms with Crippen molar-refractivity contribution in [1.82, 2.24) is 14.9 Å². The first-order valence-corrected chi connectivity index (χ1v) is 8.07. The lowest BCUT2D eigenvalue weighted by Crippen LogP contribution is -2.39. The molecule has 22 heavy (non-hydrogen) atoms. The van der Waals surface area contributed by atoms with Crippen LogP contribution in [0.3, 0.4) is 0 Å². The van der Waals surface area contributed by atoms with Crippen molar-refractivity contribution in [2.75, 3.05) is 31.5 Å². The fourth-order valence-corrected chi connectivity index (χ4v) is 3.04. The van der Waals surface area contributed by atoms with Gasteiger partial charge in [0.2, 0.25) is 0 Å². The van der Waals surface area contributed by atoms with Crippen molar-refractivity contribution in [2.24, 2.45) is 5.92 Å². The number of β-amino-alcohol motifs (C(OH)–C–C–N with tert-alkyl or cyclic N) is 1. The molecular formula is C17H24N4O. The fourth-order valence-electron chi connectivity index (χ4n) is 3.04. The van der Waals surface area contributed by atoms with E-state index in [1.54, 1.807) is 0 Å². The number of likely N-dealkylation sites (tertiary alicyclic amines) is 1. The van der Waals surface area contributed by atoms with Crippen LogP contribution in [0.4, 0.5) is 5.82 Å². The maximum Gasteiger partial charge on any atom is 0.145 e. The van der Waals surface area contributed by atoms with E-state index in [0.29, 0.717) is 5.92 Å². The van der Waals surface area contributed by atoms with Crippen molar-refractivity contribution in [3.8, 4) is 0 Å². The number of rotatable bonds is 5. The Kier molecular flexibility index (Phi) is 4.85. The van der Waals surface area contributed by atoms with Gasteiger partial charge in [0, 0.05) is 13.1 Å². The molecule has 0 amide bonds. The molecule has 118 valence electrons. The lowest BCUT2D eigenvalue weighted by molar-refractivity contribution is 0.102. The number of para-hydroxylation sites is 2. The lowest BCUT2D eigenvalue weighted by Gasteiger charge is -2.32. The molecule has 2 aromatic rings. The number of nitrogens with one attached hydrogen (secondary N) is 1. The third-order valence-electron chi connectivity index (χ3n) is 4.25. The van der Waals surface area contributed by atoms with Gasteiger partial charge in [-0.25, -0.2) is 4.98 Å². The second kappa shape index (κ2) is 7.03. The standard InChI is InChI=1S/C17H24N4O/c1-13(22)12-21-8-6-14(7-9-21)10-19-17-11-18-15-4-2-3-5-16(15)20-17/h2-5,11,13-14,22H,6-10,12H2,1H3,(H,19,20). The van der Waals surface area contributed by atoms with E-state index in [0.717, 1.165) is 43.0 Å². The highest BCUT2D eigenvalue weighted by Gasteiger charge is 2.19. The highest BCUT2D eigenvalue weighted by Crippen LogP contribution is 2.18. The fraction of sp³-hybridized carbons (Fsp3) is 0.529. The van der Waals surface area contributed by atoms with E-state index >= 15 is 0 Å². The maximum atomic E-state index is 9.44. The Labute approximate surface area is 131 Å². The summed E-state index contributed by atoms with van der Waals surface area (Å²) in [5, 5.41) is 12.9. The van der Waals surface area contributed by atoms with Crippen LogP contribution in [-0.4, -0.2) is 52.3 Å². The molecule has 1 aromatic carbocycles. The molecule has 1 atom stereocenters. The van der Waals surface area contributed by atoms with Gasteiger partial charge in [-0.15, -0.1) is 0 Å². The number of anilines is 1. The predicted octanol–water partition coefficient (Wildman–Crippen LogP) is 2.13. The van der Waals surface area contributed by atoms with Crippen molar-refractivity contribution in [1.29, 1.82) is 0 Å². The molecular weight excluding hydrogens is 276 g/mol. The highest BCUT2D eigenvalue weighted by molar-refractivity contribution is 5.75. The predicted molar refractivity (Wildman–Crippen MR) is 88.9 cm³/mol. The minimum atomic E-state index is -0.234. The van der Waals surface area contributed by atoms with E-state index in [2.05, 4.69) is 20.2 Å². The van der Waals surface area contributed by atoms with Crippen LogP contribution < -0.4 is 5.32 Å². The molecule has 2 N–H and O–H groups in total. The zero-order valence-electron chi connectivity index (χ0n) is 13.1. The molecule has 0 bridgehead atoms. The molecule has 0 spiro atoms. The summed E-state index contributed by atoms with van der Waals surface area (Å²) in [5.41, 5.74) is 1.86. The van der Waals surface area contributed by atoms with Gasteiger partial charge >= 0.3 is 0 Å². The van der Waals surface area contributed by atoms with Crippen molar-refractivity contribution in [2.45, 2.75) is 25.9 Å². The average Bonchev–Trinajstić information content (AvgIpc) is 2.53. The number of hydrogen-bond acceptors (Lipinski definition) is 5. The molecule has 0 aliphatic carbocycles. The summed E-state index contributed by atoms with van der Waals surface area (Å²) in [5.74, 6) is 1.52. The van der Waals surface area contributed by atoms with E-state index < -0.39 is 0 Å². The second-order valence-electron chi connectivity index (χ2n) is 6.22. The number of aliphatic hydroxyl groups is 1. The number of hydrogen-bond donors (Lipinski definition) is 2. The van der Waals surface area contributed by atoms with E-state index in [4.69, 9.17) is 0 Å². The Balaban J connectivity index is 1.50. The molecule has 1 aromatic heterocycles. The molecule has 0 saturated carbocycles.